The summed E-state index contributed by atoms with van der Waals surface area (Å²) in [5.74, 6) is 0.438. The first kappa shape index (κ1) is 14.9. The predicted octanol–water partition coefficient (Wildman–Crippen LogP) is 3.32. The van der Waals surface area contributed by atoms with Crippen molar-refractivity contribution in [2.24, 2.45) is 0 Å². The summed E-state index contributed by atoms with van der Waals surface area (Å²) in [7, 11) is 5.53. The first-order chi connectivity index (χ1) is 10.0. The Morgan fingerprint density at radius 3 is 2.33 bits per heavy atom. The third-order valence-electron chi connectivity index (χ3n) is 3.30. The van der Waals surface area contributed by atoms with Gasteiger partial charge in [-0.3, -0.25) is 4.79 Å². The fraction of sp³-hybridized carbons (Fsp3) is 0.235. The zero-order valence-electron chi connectivity index (χ0n) is 12.8. The normalized spacial score (nSPS) is 10.1. The highest BCUT2D eigenvalue weighted by molar-refractivity contribution is 6.06. The Bertz CT molecular complexity index is 634. The van der Waals surface area contributed by atoms with Gasteiger partial charge in [-0.05, 0) is 42.8 Å². The average Bonchev–Trinajstić information content (AvgIpc) is 2.47. The van der Waals surface area contributed by atoms with Crippen molar-refractivity contribution < 1.29 is 9.53 Å². The van der Waals surface area contributed by atoms with Crippen molar-refractivity contribution in [2.45, 2.75) is 6.92 Å². The SMILES string of the molecule is COc1c(C)cccc1C(=O)Nc1ccc(N(C)C)cc1. The summed E-state index contributed by atoms with van der Waals surface area (Å²) in [4.78, 5) is 14.4. The molecule has 0 radical (unpaired) electrons. The molecule has 1 N–H and O–H groups in total. The van der Waals surface area contributed by atoms with Crippen LogP contribution in [0, 0.1) is 6.92 Å². The van der Waals surface area contributed by atoms with E-state index in [2.05, 4.69) is 5.32 Å². The van der Waals surface area contributed by atoms with Gasteiger partial charge < -0.3 is 15.0 Å². The van der Waals surface area contributed by atoms with Crippen LogP contribution in [0.15, 0.2) is 42.5 Å². The number of para-hydroxylation sites is 1. The molecule has 0 spiro atoms. The van der Waals surface area contributed by atoms with E-state index in [1.165, 1.54) is 0 Å². The Balaban J connectivity index is 2.20. The van der Waals surface area contributed by atoms with Crippen LogP contribution in [0.3, 0.4) is 0 Å². The minimum Gasteiger partial charge on any atom is -0.496 e. The zero-order chi connectivity index (χ0) is 15.4. The number of nitrogens with zero attached hydrogens (tertiary/aromatic N) is 1. The Morgan fingerprint density at radius 2 is 1.76 bits per heavy atom. The lowest BCUT2D eigenvalue weighted by Gasteiger charge is -2.14. The van der Waals surface area contributed by atoms with Crippen molar-refractivity contribution in [2.75, 3.05) is 31.4 Å². The molecule has 2 aromatic carbocycles. The number of carbonyl (C=O) groups excluding carboxylic acids is 1. The smallest absolute Gasteiger partial charge is 0.259 e. The van der Waals surface area contributed by atoms with E-state index in [9.17, 15) is 4.79 Å². The minimum absolute atomic E-state index is 0.173. The summed E-state index contributed by atoms with van der Waals surface area (Å²) in [5.41, 5.74) is 3.32. The fourth-order valence-electron chi connectivity index (χ4n) is 2.14. The van der Waals surface area contributed by atoms with Gasteiger partial charge in [-0.25, -0.2) is 0 Å². The lowest BCUT2D eigenvalue weighted by atomic mass is 10.1. The van der Waals surface area contributed by atoms with Crippen molar-refractivity contribution in [3.8, 4) is 5.75 Å². The number of hydrogen-bond donors (Lipinski definition) is 1. The van der Waals surface area contributed by atoms with Crippen molar-refractivity contribution in [3.63, 3.8) is 0 Å². The van der Waals surface area contributed by atoms with Crippen LogP contribution >= 0.6 is 0 Å². The molecule has 4 heteroatoms. The van der Waals surface area contributed by atoms with E-state index in [0.29, 0.717) is 11.3 Å². The van der Waals surface area contributed by atoms with Crippen LogP contribution in [0.4, 0.5) is 11.4 Å². The van der Waals surface area contributed by atoms with Gasteiger partial charge in [-0.2, -0.15) is 0 Å². The van der Waals surface area contributed by atoms with Crippen LogP contribution < -0.4 is 15.0 Å². The quantitative estimate of drug-likeness (QED) is 0.936. The number of ether oxygens (including phenoxy) is 1. The van der Waals surface area contributed by atoms with Crippen molar-refractivity contribution in [1.82, 2.24) is 0 Å². The molecule has 4 nitrogen and oxygen atoms in total. The number of rotatable bonds is 4. The van der Waals surface area contributed by atoms with Crippen LogP contribution in [0.5, 0.6) is 5.75 Å². The molecule has 0 fully saturated rings. The first-order valence-corrected chi connectivity index (χ1v) is 6.75. The molecule has 0 unspecified atom stereocenters. The number of methoxy groups -OCH3 is 1. The molecule has 0 atom stereocenters. The second-order valence-electron chi connectivity index (χ2n) is 5.05. The van der Waals surface area contributed by atoms with Gasteiger partial charge in [0, 0.05) is 25.5 Å². The Labute approximate surface area is 125 Å². The third kappa shape index (κ3) is 3.34. The van der Waals surface area contributed by atoms with Crippen LogP contribution in [0.2, 0.25) is 0 Å². The van der Waals surface area contributed by atoms with Crippen molar-refractivity contribution >= 4 is 17.3 Å². The van der Waals surface area contributed by atoms with Crippen LogP contribution in [-0.4, -0.2) is 27.1 Å². The van der Waals surface area contributed by atoms with Gasteiger partial charge in [0.05, 0.1) is 12.7 Å². The fourth-order valence-corrected chi connectivity index (χ4v) is 2.14. The monoisotopic (exact) mass is 284 g/mol. The number of amides is 1. The van der Waals surface area contributed by atoms with Crippen LogP contribution in [0.25, 0.3) is 0 Å². The molecule has 0 aromatic heterocycles. The standard InChI is InChI=1S/C17H20N2O2/c1-12-6-5-7-15(16(12)21-4)17(20)18-13-8-10-14(11-9-13)19(2)3/h5-11H,1-4H3,(H,18,20). The highest BCUT2D eigenvalue weighted by Crippen LogP contribution is 2.24. The lowest BCUT2D eigenvalue weighted by molar-refractivity contribution is 0.102. The third-order valence-corrected chi connectivity index (χ3v) is 3.30. The summed E-state index contributed by atoms with van der Waals surface area (Å²) >= 11 is 0. The zero-order valence-corrected chi connectivity index (χ0v) is 12.8. The molecule has 0 saturated heterocycles. The van der Waals surface area contributed by atoms with Gasteiger partial charge in [0.1, 0.15) is 5.75 Å². The summed E-state index contributed by atoms with van der Waals surface area (Å²) in [6, 6.07) is 13.2. The maximum atomic E-state index is 12.4. The maximum absolute atomic E-state index is 12.4. The molecule has 0 bridgehead atoms. The topological polar surface area (TPSA) is 41.6 Å². The predicted molar refractivity (Wildman–Crippen MR) is 86.5 cm³/mol. The van der Waals surface area contributed by atoms with E-state index < -0.39 is 0 Å². The lowest BCUT2D eigenvalue weighted by Crippen LogP contribution is -2.14. The molecule has 110 valence electrons. The van der Waals surface area contributed by atoms with E-state index >= 15 is 0 Å². The number of aryl methyl sites for hydroxylation is 1. The van der Waals surface area contributed by atoms with E-state index in [1.54, 1.807) is 13.2 Å². The summed E-state index contributed by atoms with van der Waals surface area (Å²) in [5, 5.41) is 2.89. The Hall–Kier alpha value is -2.49. The van der Waals surface area contributed by atoms with Crippen LogP contribution in [0.1, 0.15) is 15.9 Å². The maximum Gasteiger partial charge on any atom is 0.259 e. The molecule has 1 amide bonds. The van der Waals surface area contributed by atoms with E-state index in [4.69, 9.17) is 4.74 Å². The molecule has 0 aliphatic rings. The minimum atomic E-state index is -0.173. The first-order valence-electron chi connectivity index (χ1n) is 6.75. The molecule has 0 aliphatic heterocycles. The van der Waals surface area contributed by atoms with Gasteiger partial charge >= 0.3 is 0 Å². The summed E-state index contributed by atoms with van der Waals surface area (Å²) < 4.78 is 5.32. The molecule has 21 heavy (non-hydrogen) atoms. The Kier molecular flexibility index (Phi) is 4.48. The molecule has 0 saturated carbocycles. The molecule has 0 heterocycles. The van der Waals surface area contributed by atoms with Gasteiger partial charge in [0.15, 0.2) is 0 Å². The van der Waals surface area contributed by atoms with Crippen molar-refractivity contribution in [1.29, 1.82) is 0 Å². The largest absolute Gasteiger partial charge is 0.496 e. The number of hydrogen-bond acceptors (Lipinski definition) is 3. The second-order valence-corrected chi connectivity index (χ2v) is 5.05. The number of anilines is 2. The number of nitrogens with one attached hydrogen (secondary N) is 1. The molecular formula is C17H20N2O2. The average molecular weight is 284 g/mol. The number of benzene rings is 2. The van der Waals surface area contributed by atoms with Gasteiger partial charge in [0.2, 0.25) is 0 Å². The van der Waals surface area contributed by atoms with Gasteiger partial charge in [0.25, 0.3) is 5.91 Å². The molecule has 2 rings (SSSR count). The van der Waals surface area contributed by atoms with E-state index in [-0.39, 0.29) is 5.91 Å². The van der Waals surface area contributed by atoms with Crippen molar-refractivity contribution in [3.05, 3.63) is 53.6 Å². The van der Waals surface area contributed by atoms with Gasteiger partial charge in [-0.1, -0.05) is 12.1 Å². The summed E-state index contributed by atoms with van der Waals surface area (Å²) in [6.07, 6.45) is 0. The number of carbonyl (C=O) groups is 1. The molecule has 0 aliphatic carbocycles. The summed E-state index contributed by atoms with van der Waals surface area (Å²) in [6.45, 7) is 1.92. The highest BCUT2D eigenvalue weighted by atomic mass is 16.5. The second kappa shape index (κ2) is 6.31. The van der Waals surface area contributed by atoms with Gasteiger partial charge in [-0.15, -0.1) is 0 Å². The highest BCUT2D eigenvalue weighted by Gasteiger charge is 2.13. The molecular weight excluding hydrogens is 264 g/mol. The Morgan fingerprint density at radius 1 is 1.10 bits per heavy atom. The van der Waals surface area contributed by atoms with E-state index in [0.717, 1.165) is 16.9 Å². The van der Waals surface area contributed by atoms with Crippen LogP contribution in [-0.2, 0) is 0 Å². The van der Waals surface area contributed by atoms with E-state index in [1.807, 2.05) is 62.3 Å². The molecule has 2 aromatic rings.